The highest BCUT2D eigenvalue weighted by atomic mass is 19.1. The summed E-state index contributed by atoms with van der Waals surface area (Å²) < 4.78 is 22.7. The topological polar surface area (TPSA) is 78.7 Å². The van der Waals surface area contributed by atoms with Gasteiger partial charge in [0.15, 0.2) is 0 Å². The van der Waals surface area contributed by atoms with Gasteiger partial charge in [-0.15, -0.1) is 0 Å². The number of nitro benzene ring substituents is 1. The van der Waals surface area contributed by atoms with E-state index in [4.69, 9.17) is 4.74 Å². The highest BCUT2D eigenvalue weighted by molar-refractivity contribution is 5.94. The van der Waals surface area contributed by atoms with Crippen LogP contribution in [0.4, 0.5) is 10.1 Å². The summed E-state index contributed by atoms with van der Waals surface area (Å²) in [5.74, 6) is -0.721. The van der Waals surface area contributed by atoms with E-state index in [2.05, 4.69) is 4.74 Å². The predicted molar refractivity (Wildman–Crippen MR) is 70.9 cm³/mol. The van der Waals surface area contributed by atoms with Gasteiger partial charge < -0.3 is 9.47 Å². The second-order valence-electron chi connectivity index (χ2n) is 3.98. The summed E-state index contributed by atoms with van der Waals surface area (Å²) in [7, 11) is 1.12. The van der Waals surface area contributed by atoms with Gasteiger partial charge in [0, 0.05) is 12.1 Å². The van der Waals surface area contributed by atoms with Crippen molar-refractivity contribution in [2.75, 3.05) is 7.11 Å². The number of hydrogen-bond acceptors (Lipinski definition) is 5. The van der Waals surface area contributed by atoms with E-state index in [1.54, 1.807) is 0 Å². The molecule has 0 aliphatic rings. The maximum absolute atomic E-state index is 12.8. The van der Waals surface area contributed by atoms with Crippen LogP contribution in [0, 0.1) is 15.9 Å². The monoisotopic (exact) mass is 291 g/mol. The Morgan fingerprint density at radius 1 is 1.14 bits per heavy atom. The Labute approximate surface area is 118 Å². The molecule has 6 nitrogen and oxygen atoms in total. The molecule has 0 aliphatic heterocycles. The van der Waals surface area contributed by atoms with Gasteiger partial charge in [0.25, 0.3) is 5.69 Å². The maximum atomic E-state index is 12.8. The van der Waals surface area contributed by atoms with E-state index in [9.17, 15) is 19.3 Å². The molecule has 0 saturated heterocycles. The third kappa shape index (κ3) is 3.33. The van der Waals surface area contributed by atoms with Crippen LogP contribution in [0.1, 0.15) is 10.4 Å². The number of hydrogen-bond donors (Lipinski definition) is 0. The van der Waals surface area contributed by atoms with Crippen LogP contribution in [-0.4, -0.2) is 18.0 Å². The number of carbonyl (C=O) groups is 1. The molecule has 2 aromatic carbocycles. The van der Waals surface area contributed by atoms with E-state index in [1.165, 1.54) is 36.4 Å². The average molecular weight is 291 g/mol. The number of rotatable bonds is 4. The van der Waals surface area contributed by atoms with Crippen molar-refractivity contribution in [3.05, 3.63) is 64.0 Å². The molecule has 108 valence electrons. The summed E-state index contributed by atoms with van der Waals surface area (Å²) in [6.07, 6.45) is 0. The number of benzene rings is 2. The van der Waals surface area contributed by atoms with Crippen molar-refractivity contribution in [2.45, 2.75) is 0 Å². The number of halogens is 1. The van der Waals surface area contributed by atoms with Crippen molar-refractivity contribution in [1.82, 2.24) is 0 Å². The smallest absolute Gasteiger partial charge is 0.345 e. The molecule has 0 radical (unpaired) electrons. The predicted octanol–water partition coefficient (Wildman–Crippen LogP) is 3.31. The third-order valence-corrected chi connectivity index (χ3v) is 2.62. The van der Waals surface area contributed by atoms with Gasteiger partial charge in [0.1, 0.15) is 22.9 Å². The first-order valence-electron chi connectivity index (χ1n) is 5.81. The first-order valence-corrected chi connectivity index (χ1v) is 5.81. The summed E-state index contributed by atoms with van der Waals surface area (Å²) in [6, 6.07) is 8.90. The highest BCUT2D eigenvalue weighted by Crippen LogP contribution is 2.28. The van der Waals surface area contributed by atoms with Gasteiger partial charge in [0.2, 0.25) is 0 Å². The highest BCUT2D eigenvalue weighted by Gasteiger charge is 2.21. The first kappa shape index (κ1) is 14.4. The number of carbonyl (C=O) groups excluding carboxylic acids is 1. The van der Waals surface area contributed by atoms with Crippen LogP contribution in [0.2, 0.25) is 0 Å². The first-order chi connectivity index (χ1) is 10.0. The van der Waals surface area contributed by atoms with Gasteiger partial charge >= 0.3 is 5.97 Å². The third-order valence-electron chi connectivity index (χ3n) is 2.62. The van der Waals surface area contributed by atoms with Crippen molar-refractivity contribution in [1.29, 1.82) is 0 Å². The van der Waals surface area contributed by atoms with Crippen molar-refractivity contribution in [3.63, 3.8) is 0 Å². The van der Waals surface area contributed by atoms with Crippen molar-refractivity contribution in [2.24, 2.45) is 0 Å². The van der Waals surface area contributed by atoms with E-state index >= 15 is 0 Å². The molecule has 0 unspecified atom stereocenters. The largest absolute Gasteiger partial charge is 0.465 e. The lowest BCUT2D eigenvalue weighted by molar-refractivity contribution is -0.385. The molecule has 0 bridgehead atoms. The van der Waals surface area contributed by atoms with E-state index in [0.717, 1.165) is 13.2 Å². The summed E-state index contributed by atoms with van der Waals surface area (Å²) >= 11 is 0. The zero-order valence-corrected chi connectivity index (χ0v) is 10.9. The fraction of sp³-hybridized carbons (Fsp3) is 0.0714. The molecule has 0 amide bonds. The van der Waals surface area contributed by atoms with Gasteiger partial charge in [-0.05, 0) is 30.3 Å². The van der Waals surface area contributed by atoms with Gasteiger partial charge in [-0.2, -0.15) is 0 Å². The Bertz CT molecular complexity index is 684. The number of methoxy groups -OCH3 is 1. The molecule has 0 aromatic heterocycles. The average Bonchev–Trinajstić information content (AvgIpc) is 2.48. The van der Waals surface area contributed by atoms with E-state index in [1.807, 2.05) is 0 Å². The van der Waals surface area contributed by atoms with Crippen LogP contribution in [0.3, 0.4) is 0 Å². The molecule has 0 N–H and O–H groups in total. The molecule has 0 aliphatic carbocycles. The van der Waals surface area contributed by atoms with Crippen molar-refractivity contribution in [3.8, 4) is 11.5 Å². The minimum Gasteiger partial charge on any atom is -0.465 e. The molecule has 0 saturated carbocycles. The molecule has 21 heavy (non-hydrogen) atoms. The zero-order chi connectivity index (χ0) is 15.4. The second kappa shape index (κ2) is 6.00. The standard InChI is InChI=1S/C14H10FNO5/c1-20-14(17)12-8-11(6-7-13(12)16(18)19)21-10-4-2-9(15)3-5-10/h2-8H,1H3. The van der Waals surface area contributed by atoms with Crippen LogP contribution in [0.5, 0.6) is 11.5 Å². The van der Waals surface area contributed by atoms with E-state index in [0.29, 0.717) is 5.75 Å². The van der Waals surface area contributed by atoms with Crippen LogP contribution in [0.25, 0.3) is 0 Å². The Hall–Kier alpha value is -2.96. The van der Waals surface area contributed by atoms with Gasteiger partial charge in [-0.3, -0.25) is 10.1 Å². The number of esters is 1. The fourth-order valence-corrected chi connectivity index (χ4v) is 1.65. The molecule has 0 fully saturated rings. The van der Waals surface area contributed by atoms with Gasteiger partial charge in [-0.25, -0.2) is 9.18 Å². The maximum Gasteiger partial charge on any atom is 0.345 e. The molecule has 0 spiro atoms. The lowest BCUT2D eigenvalue weighted by Gasteiger charge is -2.07. The van der Waals surface area contributed by atoms with Gasteiger partial charge in [-0.1, -0.05) is 0 Å². The minimum absolute atomic E-state index is 0.201. The van der Waals surface area contributed by atoms with E-state index < -0.39 is 16.7 Å². The van der Waals surface area contributed by atoms with E-state index in [-0.39, 0.29) is 17.0 Å². The Kier molecular flexibility index (Phi) is 4.13. The Balaban J connectivity index is 2.35. The molecule has 0 atom stereocenters. The Morgan fingerprint density at radius 2 is 1.76 bits per heavy atom. The second-order valence-corrected chi connectivity index (χ2v) is 3.98. The minimum atomic E-state index is -0.841. The summed E-state index contributed by atoms with van der Waals surface area (Å²) in [4.78, 5) is 21.7. The zero-order valence-electron chi connectivity index (χ0n) is 10.9. The van der Waals surface area contributed by atoms with Crippen LogP contribution >= 0.6 is 0 Å². The number of ether oxygens (including phenoxy) is 2. The van der Waals surface area contributed by atoms with Crippen molar-refractivity contribution >= 4 is 11.7 Å². The van der Waals surface area contributed by atoms with Gasteiger partial charge in [0.05, 0.1) is 12.0 Å². The van der Waals surface area contributed by atoms with Crippen LogP contribution < -0.4 is 4.74 Å². The van der Waals surface area contributed by atoms with Crippen molar-refractivity contribution < 1.29 is 23.6 Å². The number of nitro groups is 1. The van der Waals surface area contributed by atoms with Crippen LogP contribution in [0.15, 0.2) is 42.5 Å². The quantitative estimate of drug-likeness (QED) is 0.490. The molecular weight excluding hydrogens is 281 g/mol. The molecular formula is C14H10FNO5. The fourth-order valence-electron chi connectivity index (χ4n) is 1.65. The summed E-state index contributed by atoms with van der Waals surface area (Å²) in [6.45, 7) is 0. The summed E-state index contributed by atoms with van der Waals surface area (Å²) in [5.41, 5.74) is -0.601. The lowest BCUT2D eigenvalue weighted by Crippen LogP contribution is -2.05. The molecule has 2 rings (SSSR count). The molecule has 2 aromatic rings. The molecule has 0 heterocycles. The lowest BCUT2D eigenvalue weighted by atomic mass is 10.1. The normalized spacial score (nSPS) is 10.0. The summed E-state index contributed by atoms with van der Waals surface area (Å²) in [5, 5.41) is 10.9. The molecule has 7 heteroatoms. The Morgan fingerprint density at radius 3 is 2.33 bits per heavy atom. The SMILES string of the molecule is COC(=O)c1cc(Oc2ccc(F)cc2)ccc1[N+](=O)[O-]. The van der Waals surface area contributed by atoms with Crippen LogP contribution in [-0.2, 0) is 4.74 Å². The number of nitrogens with zero attached hydrogens (tertiary/aromatic N) is 1.